The third kappa shape index (κ3) is 3.50. The number of amides is 2. The van der Waals surface area contributed by atoms with Crippen LogP contribution >= 0.6 is 0 Å². The summed E-state index contributed by atoms with van der Waals surface area (Å²) in [5.74, 6) is 1.32. The number of carbonyl (C=O) groups excluding carboxylic acids is 1. The molecule has 112 valence electrons. The molecule has 1 aliphatic rings. The van der Waals surface area contributed by atoms with Crippen molar-refractivity contribution >= 4 is 6.03 Å². The normalized spacial score (nSPS) is 20.1. The first-order valence-electron chi connectivity index (χ1n) is 7.25. The molecule has 0 bridgehead atoms. The average molecular weight is 280 g/mol. The van der Waals surface area contributed by atoms with E-state index in [0.29, 0.717) is 12.5 Å². The molecule has 1 saturated heterocycles. The van der Waals surface area contributed by atoms with Gasteiger partial charge in [-0.3, -0.25) is 0 Å². The van der Waals surface area contributed by atoms with E-state index in [4.69, 9.17) is 0 Å². The number of nitrogens with zero attached hydrogens (tertiary/aromatic N) is 3. The monoisotopic (exact) mass is 280 g/mol. The van der Waals surface area contributed by atoms with Gasteiger partial charge in [-0.1, -0.05) is 6.92 Å². The van der Waals surface area contributed by atoms with E-state index in [1.165, 1.54) is 0 Å². The first-order valence-corrected chi connectivity index (χ1v) is 7.25. The van der Waals surface area contributed by atoms with Gasteiger partial charge in [0.1, 0.15) is 5.82 Å². The van der Waals surface area contributed by atoms with Gasteiger partial charge in [0.15, 0.2) is 0 Å². The minimum Gasteiger partial charge on any atom is -0.394 e. The number of rotatable bonds is 5. The van der Waals surface area contributed by atoms with Gasteiger partial charge in [0.05, 0.1) is 12.6 Å². The molecule has 6 nitrogen and oxygen atoms in total. The van der Waals surface area contributed by atoms with E-state index in [1.807, 2.05) is 13.1 Å². The van der Waals surface area contributed by atoms with Crippen molar-refractivity contribution in [2.24, 2.45) is 5.92 Å². The number of aliphatic hydroxyl groups is 1. The third-order valence-electron chi connectivity index (χ3n) is 3.88. The molecule has 2 N–H and O–H groups in total. The first kappa shape index (κ1) is 14.8. The van der Waals surface area contributed by atoms with Gasteiger partial charge in [-0.25, -0.2) is 9.78 Å². The number of aliphatic hydroxyl groups excluding tert-OH is 1. The van der Waals surface area contributed by atoms with E-state index < -0.39 is 0 Å². The summed E-state index contributed by atoms with van der Waals surface area (Å²) in [7, 11) is 0. The van der Waals surface area contributed by atoms with Crippen molar-refractivity contribution in [3.63, 3.8) is 0 Å². The fourth-order valence-electron chi connectivity index (χ4n) is 2.65. The summed E-state index contributed by atoms with van der Waals surface area (Å²) >= 11 is 0. The molecular weight excluding hydrogens is 256 g/mol. The van der Waals surface area contributed by atoms with Crippen LogP contribution in [0.2, 0.25) is 0 Å². The molecule has 0 aliphatic carbocycles. The topological polar surface area (TPSA) is 70.4 Å². The number of nitrogens with one attached hydrogen (secondary N) is 1. The van der Waals surface area contributed by atoms with E-state index in [0.717, 1.165) is 31.8 Å². The second-order valence-corrected chi connectivity index (χ2v) is 5.59. The summed E-state index contributed by atoms with van der Waals surface area (Å²) in [6, 6.07) is -0.0723. The van der Waals surface area contributed by atoms with E-state index in [-0.39, 0.29) is 18.7 Å². The van der Waals surface area contributed by atoms with Gasteiger partial charge < -0.3 is 19.9 Å². The van der Waals surface area contributed by atoms with Gasteiger partial charge in [-0.05, 0) is 25.7 Å². The molecule has 1 aromatic heterocycles. The predicted octanol–water partition coefficient (Wildman–Crippen LogP) is 0.994. The van der Waals surface area contributed by atoms with Crippen molar-refractivity contribution in [1.82, 2.24) is 19.8 Å². The summed E-state index contributed by atoms with van der Waals surface area (Å²) in [4.78, 5) is 18.0. The zero-order valence-electron chi connectivity index (χ0n) is 12.2. The molecule has 1 fully saturated rings. The molecular formula is C14H24N4O2. The minimum absolute atomic E-state index is 0.0128. The highest BCUT2D eigenvalue weighted by atomic mass is 16.3. The lowest BCUT2D eigenvalue weighted by Crippen LogP contribution is -2.45. The lowest BCUT2D eigenvalue weighted by Gasteiger charge is -2.24. The van der Waals surface area contributed by atoms with Gasteiger partial charge in [0, 0.05) is 32.0 Å². The molecule has 0 aromatic carbocycles. The Labute approximate surface area is 119 Å². The molecule has 2 heterocycles. The van der Waals surface area contributed by atoms with Crippen LogP contribution in [0.3, 0.4) is 0 Å². The Morgan fingerprint density at radius 3 is 3.10 bits per heavy atom. The van der Waals surface area contributed by atoms with E-state index in [1.54, 1.807) is 11.1 Å². The van der Waals surface area contributed by atoms with Crippen molar-refractivity contribution in [3.8, 4) is 0 Å². The van der Waals surface area contributed by atoms with Crippen LogP contribution in [-0.2, 0) is 6.54 Å². The number of hydrogen-bond acceptors (Lipinski definition) is 3. The number of aromatic nitrogens is 2. The molecule has 2 amide bonds. The quantitative estimate of drug-likeness (QED) is 0.845. The summed E-state index contributed by atoms with van der Waals surface area (Å²) < 4.78 is 2.09. The minimum atomic E-state index is -0.0595. The number of urea groups is 1. The fourth-order valence-corrected chi connectivity index (χ4v) is 2.65. The maximum atomic E-state index is 12.1. The molecule has 2 rings (SSSR count). The molecule has 1 aromatic rings. The van der Waals surface area contributed by atoms with Crippen LogP contribution in [0.1, 0.15) is 25.6 Å². The molecule has 0 spiro atoms. The average Bonchev–Trinajstić information content (AvgIpc) is 3.05. The van der Waals surface area contributed by atoms with Crippen LogP contribution in [0.25, 0.3) is 0 Å². The Balaban J connectivity index is 1.77. The second-order valence-electron chi connectivity index (χ2n) is 5.59. The standard InChI is InChI=1S/C14H24N4O2/c1-11(9-17-7-5-15-12(17)2)8-16-14(20)18-6-3-4-13(18)10-19/h5,7,11,13,19H,3-4,6,8-10H2,1-2H3,(H,16,20). The van der Waals surface area contributed by atoms with E-state index >= 15 is 0 Å². The second kappa shape index (κ2) is 6.74. The zero-order valence-corrected chi connectivity index (χ0v) is 12.2. The van der Waals surface area contributed by atoms with Crippen LogP contribution in [-0.4, -0.2) is 51.3 Å². The number of likely N-dealkylation sites (tertiary alicyclic amines) is 1. The maximum absolute atomic E-state index is 12.1. The van der Waals surface area contributed by atoms with Crippen molar-refractivity contribution in [1.29, 1.82) is 0 Å². The smallest absolute Gasteiger partial charge is 0.317 e. The molecule has 0 radical (unpaired) electrons. The van der Waals surface area contributed by atoms with E-state index in [9.17, 15) is 9.90 Å². The molecule has 0 saturated carbocycles. The van der Waals surface area contributed by atoms with Gasteiger partial charge >= 0.3 is 6.03 Å². The maximum Gasteiger partial charge on any atom is 0.317 e. The first-order chi connectivity index (χ1) is 9.61. The number of imidazole rings is 1. The summed E-state index contributed by atoms with van der Waals surface area (Å²) in [6.07, 6.45) is 5.61. The van der Waals surface area contributed by atoms with Crippen LogP contribution in [0, 0.1) is 12.8 Å². The number of carbonyl (C=O) groups is 1. The fraction of sp³-hybridized carbons (Fsp3) is 0.714. The van der Waals surface area contributed by atoms with Crippen LogP contribution < -0.4 is 5.32 Å². The van der Waals surface area contributed by atoms with Crippen LogP contribution in [0.15, 0.2) is 12.4 Å². The molecule has 2 unspecified atom stereocenters. The van der Waals surface area contributed by atoms with E-state index in [2.05, 4.69) is 21.8 Å². The number of aryl methyl sites for hydroxylation is 1. The Kier molecular flexibility index (Phi) is 5.00. The molecule has 2 atom stereocenters. The molecule has 20 heavy (non-hydrogen) atoms. The highest BCUT2D eigenvalue weighted by Gasteiger charge is 2.27. The highest BCUT2D eigenvalue weighted by molar-refractivity contribution is 5.74. The third-order valence-corrected chi connectivity index (χ3v) is 3.88. The van der Waals surface area contributed by atoms with Gasteiger partial charge in [-0.15, -0.1) is 0 Å². The van der Waals surface area contributed by atoms with Crippen molar-refractivity contribution in [2.45, 2.75) is 39.3 Å². The van der Waals surface area contributed by atoms with Crippen molar-refractivity contribution in [3.05, 3.63) is 18.2 Å². The SMILES string of the molecule is Cc1nccn1CC(C)CNC(=O)N1CCCC1CO. The van der Waals surface area contributed by atoms with Crippen LogP contribution in [0.4, 0.5) is 4.79 Å². The zero-order chi connectivity index (χ0) is 14.5. The Hall–Kier alpha value is -1.56. The Morgan fingerprint density at radius 2 is 2.45 bits per heavy atom. The molecule has 1 aliphatic heterocycles. The van der Waals surface area contributed by atoms with Crippen molar-refractivity contribution < 1.29 is 9.90 Å². The number of hydrogen-bond donors (Lipinski definition) is 2. The Morgan fingerprint density at radius 1 is 1.65 bits per heavy atom. The largest absolute Gasteiger partial charge is 0.394 e. The van der Waals surface area contributed by atoms with Gasteiger partial charge in [-0.2, -0.15) is 0 Å². The predicted molar refractivity (Wildman–Crippen MR) is 76.3 cm³/mol. The lowest BCUT2D eigenvalue weighted by atomic mass is 10.2. The summed E-state index contributed by atoms with van der Waals surface area (Å²) in [5.41, 5.74) is 0. The van der Waals surface area contributed by atoms with Gasteiger partial charge in [0.25, 0.3) is 0 Å². The lowest BCUT2D eigenvalue weighted by molar-refractivity contribution is 0.156. The van der Waals surface area contributed by atoms with Gasteiger partial charge in [0.2, 0.25) is 0 Å². The molecule has 6 heteroatoms. The Bertz CT molecular complexity index is 446. The summed E-state index contributed by atoms with van der Waals surface area (Å²) in [6.45, 7) is 6.35. The highest BCUT2D eigenvalue weighted by Crippen LogP contribution is 2.16. The van der Waals surface area contributed by atoms with Crippen LogP contribution in [0.5, 0.6) is 0 Å². The van der Waals surface area contributed by atoms with Crippen molar-refractivity contribution in [2.75, 3.05) is 19.7 Å². The summed E-state index contributed by atoms with van der Waals surface area (Å²) in [5, 5.41) is 12.2.